The van der Waals surface area contributed by atoms with Gasteiger partial charge < -0.3 is 4.74 Å². The second kappa shape index (κ2) is 6.09. The zero-order chi connectivity index (χ0) is 13.8. The third-order valence-electron chi connectivity index (χ3n) is 2.66. The van der Waals surface area contributed by atoms with Crippen molar-refractivity contribution in [3.63, 3.8) is 0 Å². The van der Waals surface area contributed by atoms with Crippen molar-refractivity contribution in [2.45, 2.75) is 13.5 Å². The molecule has 0 amide bonds. The monoisotopic (exact) mass is 294 g/mol. The first-order chi connectivity index (χ1) is 9.06. The van der Waals surface area contributed by atoms with Crippen molar-refractivity contribution in [3.8, 4) is 0 Å². The number of halogens is 2. The Labute approximate surface area is 121 Å². The van der Waals surface area contributed by atoms with Gasteiger partial charge in [-0.05, 0) is 31.2 Å². The number of benzene rings is 2. The fourth-order valence-electron chi connectivity index (χ4n) is 1.56. The molecule has 0 heterocycles. The van der Waals surface area contributed by atoms with Gasteiger partial charge in [0.1, 0.15) is 6.61 Å². The molecule has 0 saturated carbocycles. The van der Waals surface area contributed by atoms with E-state index in [1.165, 1.54) is 0 Å². The number of hydrogen-bond acceptors (Lipinski definition) is 2. The van der Waals surface area contributed by atoms with Gasteiger partial charge in [-0.1, -0.05) is 47.0 Å². The lowest BCUT2D eigenvalue weighted by molar-refractivity contribution is 0.0473. The fourth-order valence-corrected chi connectivity index (χ4v) is 2.02. The summed E-state index contributed by atoms with van der Waals surface area (Å²) in [5.74, 6) is -0.369. The standard InChI is InChI=1S/C15H12Cl2O2/c1-10-2-4-11(5-3-10)15(18)19-9-12-6-7-13(16)8-14(12)17/h2-8H,9H2,1H3. The second-order valence-electron chi connectivity index (χ2n) is 4.18. The highest BCUT2D eigenvalue weighted by atomic mass is 35.5. The van der Waals surface area contributed by atoms with E-state index in [2.05, 4.69) is 0 Å². The van der Waals surface area contributed by atoms with Crippen molar-refractivity contribution >= 4 is 29.2 Å². The van der Waals surface area contributed by atoms with Gasteiger partial charge in [-0.2, -0.15) is 0 Å². The molecule has 0 aliphatic heterocycles. The second-order valence-corrected chi connectivity index (χ2v) is 5.02. The van der Waals surface area contributed by atoms with Gasteiger partial charge >= 0.3 is 5.97 Å². The number of ether oxygens (including phenoxy) is 1. The minimum Gasteiger partial charge on any atom is -0.457 e. The largest absolute Gasteiger partial charge is 0.457 e. The van der Waals surface area contributed by atoms with Crippen LogP contribution in [0.4, 0.5) is 0 Å². The van der Waals surface area contributed by atoms with Crippen molar-refractivity contribution in [2.24, 2.45) is 0 Å². The van der Waals surface area contributed by atoms with E-state index in [4.69, 9.17) is 27.9 Å². The molecule has 0 unspecified atom stereocenters. The molecule has 0 atom stereocenters. The Bertz CT molecular complexity index is 592. The average Bonchev–Trinajstić information content (AvgIpc) is 2.38. The van der Waals surface area contributed by atoms with E-state index in [1.807, 2.05) is 19.1 Å². The molecule has 2 nitrogen and oxygen atoms in total. The molecule has 2 aromatic rings. The molecule has 0 aliphatic rings. The van der Waals surface area contributed by atoms with E-state index in [-0.39, 0.29) is 12.6 Å². The first kappa shape index (κ1) is 13.9. The lowest BCUT2D eigenvalue weighted by atomic mass is 10.1. The van der Waals surface area contributed by atoms with E-state index < -0.39 is 0 Å². The maximum absolute atomic E-state index is 11.8. The lowest BCUT2D eigenvalue weighted by Crippen LogP contribution is -2.05. The molecule has 0 radical (unpaired) electrons. The Morgan fingerprint density at radius 1 is 1.11 bits per heavy atom. The molecule has 98 valence electrons. The summed E-state index contributed by atoms with van der Waals surface area (Å²) in [5, 5.41) is 1.04. The van der Waals surface area contributed by atoms with Gasteiger partial charge in [0.2, 0.25) is 0 Å². The number of esters is 1. The number of carbonyl (C=O) groups is 1. The van der Waals surface area contributed by atoms with Gasteiger partial charge in [0.15, 0.2) is 0 Å². The Morgan fingerprint density at radius 3 is 2.42 bits per heavy atom. The number of rotatable bonds is 3. The molecule has 19 heavy (non-hydrogen) atoms. The van der Waals surface area contributed by atoms with Gasteiger partial charge in [-0.25, -0.2) is 4.79 Å². The first-order valence-corrected chi connectivity index (χ1v) is 6.49. The molecular formula is C15H12Cl2O2. The quantitative estimate of drug-likeness (QED) is 0.770. The Hall–Kier alpha value is -1.51. The number of aryl methyl sites for hydroxylation is 1. The smallest absolute Gasteiger partial charge is 0.338 e. The van der Waals surface area contributed by atoms with Crippen molar-refractivity contribution in [2.75, 3.05) is 0 Å². The molecule has 0 saturated heterocycles. The Kier molecular flexibility index (Phi) is 4.46. The van der Waals surface area contributed by atoms with Crippen molar-refractivity contribution in [1.29, 1.82) is 0 Å². The molecule has 2 aromatic carbocycles. The van der Waals surface area contributed by atoms with Crippen LogP contribution in [0.3, 0.4) is 0 Å². The van der Waals surface area contributed by atoms with E-state index in [9.17, 15) is 4.79 Å². The van der Waals surface area contributed by atoms with Crippen LogP contribution in [-0.4, -0.2) is 5.97 Å². The number of hydrogen-bond donors (Lipinski definition) is 0. The molecule has 2 rings (SSSR count). The predicted octanol–water partition coefficient (Wildman–Crippen LogP) is 4.66. The average molecular weight is 295 g/mol. The minimum absolute atomic E-state index is 0.128. The van der Waals surface area contributed by atoms with Gasteiger partial charge in [-0.15, -0.1) is 0 Å². The molecule has 0 aromatic heterocycles. The highest BCUT2D eigenvalue weighted by Crippen LogP contribution is 2.21. The molecule has 0 aliphatic carbocycles. The lowest BCUT2D eigenvalue weighted by Gasteiger charge is -2.07. The fraction of sp³-hybridized carbons (Fsp3) is 0.133. The van der Waals surface area contributed by atoms with Crippen LogP contribution in [-0.2, 0) is 11.3 Å². The van der Waals surface area contributed by atoms with Crippen molar-refractivity contribution in [3.05, 3.63) is 69.2 Å². The first-order valence-electron chi connectivity index (χ1n) is 5.74. The van der Waals surface area contributed by atoms with Crippen LogP contribution in [0, 0.1) is 6.92 Å². The minimum atomic E-state index is -0.369. The van der Waals surface area contributed by atoms with E-state index >= 15 is 0 Å². The molecule has 0 N–H and O–H groups in total. The third kappa shape index (κ3) is 3.72. The Morgan fingerprint density at radius 2 is 1.79 bits per heavy atom. The summed E-state index contributed by atoms with van der Waals surface area (Å²) in [7, 11) is 0. The molecule has 0 spiro atoms. The SMILES string of the molecule is Cc1ccc(C(=O)OCc2ccc(Cl)cc2Cl)cc1. The van der Waals surface area contributed by atoms with Crippen LogP contribution < -0.4 is 0 Å². The highest BCUT2D eigenvalue weighted by molar-refractivity contribution is 6.35. The summed E-state index contributed by atoms with van der Waals surface area (Å²) >= 11 is 11.8. The summed E-state index contributed by atoms with van der Waals surface area (Å²) in [5.41, 5.74) is 2.35. The maximum atomic E-state index is 11.8. The normalized spacial score (nSPS) is 10.3. The van der Waals surface area contributed by atoms with Gasteiger partial charge in [-0.3, -0.25) is 0 Å². The molecular weight excluding hydrogens is 283 g/mol. The zero-order valence-corrected chi connectivity index (χ0v) is 11.8. The molecule has 0 bridgehead atoms. The van der Waals surface area contributed by atoms with E-state index in [0.717, 1.165) is 11.1 Å². The van der Waals surface area contributed by atoms with Crippen LogP contribution >= 0.6 is 23.2 Å². The highest BCUT2D eigenvalue weighted by Gasteiger charge is 2.08. The van der Waals surface area contributed by atoms with Crippen LogP contribution in [0.2, 0.25) is 10.0 Å². The predicted molar refractivity (Wildman–Crippen MR) is 76.8 cm³/mol. The van der Waals surface area contributed by atoms with Crippen molar-refractivity contribution in [1.82, 2.24) is 0 Å². The van der Waals surface area contributed by atoms with Crippen LogP contribution in [0.15, 0.2) is 42.5 Å². The number of carbonyl (C=O) groups excluding carboxylic acids is 1. The summed E-state index contributed by atoms with van der Waals surface area (Å²) in [6.45, 7) is 2.09. The molecule has 4 heteroatoms. The zero-order valence-electron chi connectivity index (χ0n) is 10.3. The summed E-state index contributed by atoms with van der Waals surface area (Å²) in [6.07, 6.45) is 0. The molecule has 0 fully saturated rings. The third-order valence-corrected chi connectivity index (χ3v) is 3.25. The summed E-state index contributed by atoms with van der Waals surface area (Å²) in [6, 6.07) is 12.3. The van der Waals surface area contributed by atoms with Crippen LogP contribution in [0.1, 0.15) is 21.5 Å². The Balaban J connectivity index is 2.02. The van der Waals surface area contributed by atoms with Gasteiger partial charge in [0, 0.05) is 15.6 Å². The maximum Gasteiger partial charge on any atom is 0.338 e. The van der Waals surface area contributed by atoms with E-state index in [1.54, 1.807) is 30.3 Å². The summed E-state index contributed by atoms with van der Waals surface area (Å²) in [4.78, 5) is 11.8. The van der Waals surface area contributed by atoms with E-state index in [0.29, 0.717) is 15.6 Å². The van der Waals surface area contributed by atoms with Crippen LogP contribution in [0.25, 0.3) is 0 Å². The van der Waals surface area contributed by atoms with Gasteiger partial charge in [0.25, 0.3) is 0 Å². The van der Waals surface area contributed by atoms with Gasteiger partial charge in [0.05, 0.1) is 5.56 Å². The summed E-state index contributed by atoms with van der Waals surface area (Å²) < 4.78 is 5.21. The van der Waals surface area contributed by atoms with Crippen LogP contribution in [0.5, 0.6) is 0 Å². The van der Waals surface area contributed by atoms with Crippen molar-refractivity contribution < 1.29 is 9.53 Å². The topological polar surface area (TPSA) is 26.3 Å².